The first-order chi connectivity index (χ1) is 11.4. The molecule has 4 nitrogen and oxygen atoms in total. The van der Waals surface area contributed by atoms with Crippen molar-refractivity contribution in [2.45, 2.75) is 24.2 Å². The molecule has 0 saturated carbocycles. The number of ether oxygens (including phenoxy) is 1. The van der Waals surface area contributed by atoms with Crippen LogP contribution in [0.2, 0.25) is 0 Å². The number of thiazole rings is 1. The predicted octanol–water partition coefficient (Wildman–Crippen LogP) is 3.54. The second kappa shape index (κ2) is 4.95. The lowest BCUT2D eigenvalue weighted by Gasteiger charge is -2.42. The summed E-state index contributed by atoms with van der Waals surface area (Å²) in [5, 5.41) is 0.191. The highest BCUT2D eigenvalue weighted by Crippen LogP contribution is 2.56. The van der Waals surface area contributed by atoms with Crippen LogP contribution in [0.4, 0.5) is 18.3 Å². The normalized spacial score (nSPS) is 28.8. The van der Waals surface area contributed by atoms with E-state index in [0.29, 0.717) is 5.52 Å². The molecule has 4 rings (SSSR count). The van der Waals surface area contributed by atoms with Crippen molar-refractivity contribution in [3.05, 3.63) is 36.4 Å². The number of alkyl halides is 3. The molecule has 8 heteroatoms. The van der Waals surface area contributed by atoms with Crippen LogP contribution >= 0.6 is 11.3 Å². The van der Waals surface area contributed by atoms with Crippen molar-refractivity contribution < 1.29 is 22.7 Å². The molecule has 3 atom stereocenters. The number of carbonyl (C=O) groups is 1. The number of nitrogens with zero attached hydrogens (tertiary/aromatic N) is 2. The number of rotatable bonds is 2. The third-order valence-electron chi connectivity index (χ3n) is 4.73. The number of hydrogen-bond acceptors (Lipinski definition) is 5. The average Bonchev–Trinajstić information content (AvgIpc) is 3.24. The number of esters is 1. The van der Waals surface area contributed by atoms with Gasteiger partial charge in [0.15, 0.2) is 5.13 Å². The number of fused-ring (bicyclic) bond motifs is 3. The van der Waals surface area contributed by atoms with E-state index in [4.69, 9.17) is 0 Å². The Morgan fingerprint density at radius 1 is 1.38 bits per heavy atom. The monoisotopic (exact) mass is 354 g/mol. The molecule has 24 heavy (non-hydrogen) atoms. The Labute approximate surface area is 139 Å². The van der Waals surface area contributed by atoms with Crippen molar-refractivity contribution in [2.24, 2.45) is 5.92 Å². The molecule has 0 unspecified atom stereocenters. The molecule has 0 radical (unpaired) electrons. The molecule has 1 aromatic carbocycles. The van der Waals surface area contributed by atoms with Crippen LogP contribution in [0.15, 0.2) is 36.4 Å². The van der Waals surface area contributed by atoms with Crippen LogP contribution in [-0.4, -0.2) is 35.8 Å². The largest absolute Gasteiger partial charge is 0.467 e. The molecule has 0 amide bonds. The molecule has 1 aliphatic heterocycles. The maximum atomic E-state index is 14.1. The molecule has 1 fully saturated rings. The van der Waals surface area contributed by atoms with Crippen LogP contribution in [0.3, 0.4) is 0 Å². The van der Waals surface area contributed by atoms with E-state index >= 15 is 0 Å². The lowest BCUT2D eigenvalue weighted by molar-refractivity contribution is -0.208. The molecule has 2 heterocycles. The first-order valence-corrected chi connectivity index (χ1v) is 8.19. The van der Waals surface area contributed by atoms with E-state index in [1.807, 2.05) is 0 Å². The molecule has 1 aliphatic carbocycles. The second-order valence-electron chi connectivity index (χ2n) is 5.88. The Hall–Kier alpha value is -2.09. The molecule has 2 bridgehead atoms. The molecular weight excluding hydrogens is 341 g/mol. The van der Waals surface area contributed by atoms with Crippen molar-refractivity contribution in [1.82, 2.24) is 4.98 Å². The first kappa shape index (κ1) is 15.4. The Kier molecular flexibility index (Phi) is 3.19. The lowest BCUT2D eigenvalue weighted by atomic mass is 9.84. The van der Waals surface area contributed by atoms with E-state index in [1.165, 1.54) is 6.08 Å². The number of halogens is 3. The van der Waals surface area contributed by atoms with E-state index < -0.39 is 29.6 Å². The highest BCUT2D eigenvalue weighted by atomic mass is 32.1. The quantitative estimate of drug-likeness (QED) is 0.611. The minimum Gasteiger partial charge on any atom is -0.467 e. The fourth-order valence-electron chi connectivity index (χ4n) is 3.74. The fraction of sp³-hybridized carbons (Fsp3) is 0.375. The Bertz CT molecular complexity index is 814. The van der Waals surface area contributed by atoms with Gasteiger partial charge in [-0.3, -0.25) is 0 Å². The number of anilines is 1. The Morgan fingerprint density at radius 2 is 2.12 bits per heavy atom. The third-order valence-corrected chi connectivity index (χ3v) is 5.76. The van der Waals surface area contributed by atoms with Gasteiger partial charge in [0.2, 0.25) is 5.54 Å². The number of methoxy groups -OCH3 is 1. The zero-order valence-corrected chi connectivity index (χ0v) is 13.4. The van der Waals surface area contributed by atoms with Crippen LogP contribution in [0, 0.1) is 5.92 Å². The van der Waals surface area contributed by atoms with E-state index in [0.717, 1.165) is 28.0 Å². The van der Waals surface area contributed by atoms with Gasteiger partial charge in [-0.15, -0.1) is 0 Å². The standard InChI is InChI=1S/C16H13F3N2O2S/c1-23-13(22)15(16(17,18)19)9-6-7-10(8-9)21(15)14-20-11-4-2-3-5-12(11)24-14/h2-7,9-10H,8H2,1H3/t9-,10-,15-/m0/s1. The summed E-state index contributed by atoms with van der Waals surface area (Å²) in [5.41, 5.74) is -2.10. The van der Waals surface area contributed by atoms with Crippen LogP contribution in [0.1, 0.15) is 6.42 Å². The summed E-state index contributed by atoms with van der Waals surface area (Å²) in [6.07, 6.45) is -1.37. The van der Waals surface area contributed by atoms with Gasteiger partial charge in [0, 0.05) is 5.92 Å². The summed E-state index contributed by atoms with van der Waals surface area (Å²) in [6, 6.07) is 6.61. The summed E-state index contributed by atoms with van der Waals surface area (Å²) in [6.45, 7) is 0. The fourth-order valence-corrected chi connectivity index (χ4v) is 4.83. The maximum Gasteiger partial charge on any atom is 0.423 e. The molecule has 1 saturated heterocycles. The topological polar surface area (TPSA) is 42.4 Å². The molecular formula is C16H13F3N2O2S. The zero-order valence-electron chi connectivity index (χ0n) is 12.6. The van der Waals surface area contributed by atoms with Crippen molar-refractivity contribution in [3.8, 4) is 0 Å². The van der Waals surface area contributed by atoms with Gasteiger partial charge in [0.05, 0.1) is 23.4 Å². The minimum atomic E-state index is -4.78. The molecule has 126 valence electrons. The Morgan fingerprint density at radius 3 is 2.79 bits per heavy atom. The van der Waals surface area contributed by atoms with Gasteiger partial charge < -0.3 is 9.64 Å². The summed E-state index contributed by atoms with van der Waals surface area (Å²) in [5.74, 6) is -2.26. The molecule has 2 aromatic rings. The van der Waals surface area contributed by atoms with Gasteiger partial charge in [-0.25, -0.2) is 9.78 Å². The average molecular weight is 354 g/mol. The highest BCUT2D eigenvalue weighted by molar-refractivity contribution is 7.22. The summed E-state index contributed by atoms with van der Waals surface area (Å²) < 4.78 is 47.7. The zero-order chi connectivity index (χ0) is 17.1. The highest BCUT2D eigenvalue weighted by Gasteiger charge is 2.74. The molecule has 0 spiro atoms. The van der Waals surface area contributed by atoms with Gasteiger partial charge in [0.25, 0.3) is 0 Å². The summed E-state index contributed by atoms with van der Waals surface area (Å²) in [4.78, 5) is 17.8. The van der Waals surface area contributed by atoms with Crippen molar-refractivity contribution in [2.75, 3.05) is 12.0 Å². The van der Waals surface area contributed by atoms with Crippen LogP contribution < -0.4 is 4.90 Å². The van der Waals surface area contributed by atoms with Crippen molar-refractivity contribution >= 4 is 32.7 Å². The predicted molar refractivity (Wildman–Crippen MR) is 83.9 cm³/mol. The SMILES string of the molecule is COC(=O)[C@]1(C(F)(F)F)[C@H]2C=C[C@@H](C2)N1c1nc2ccccc2s1. The maximum absolute atomic E-state index is 14.1. The van der Waals surface area contributed by atoms with Gasteiger partial charge in [0.1, 0.15) is 0 Å². The lowest BCUT2D eigenvalue weighted by Crippen LogP contribution is -2.66. The van der Waals surface area contributed by atoms with Crippen molar-refractivity contribution in [3.63, 3.8) is 0 Å². The van der Waals surface area contributed by atoms with E-state index in [1.54, 1.807) is 30.3 Å². The van der Waals surface area contributed by atoms with Crippen molar-refractivity contribution in [1.29, 1.82) is 0 Å². The Balaban J connectivity index is 1.94. The number of para-hydroxylation sites is 1. The smallest absolute Gasteiger partial charge is 0.423 e. The van der Waals surface area contributed by atoms with Crippen LogP contribution in [0.5, 0.6) is 0 Å². The van der Waals surface area contributed by atoms with E-state index in [2.05, 4.69) is 9.72 Å². The summed E-state index contributed by atoms with van der Waals surface area (Å²) in [7, 11) is 0.988. The summed E-state index contributed by atoms with van der Waals surface area (Å²) >= 11 is 1.15. The second-order valence-corrected chi connectivity index (χ2v) is 6.89. The van der Waals surface area contributed by atoms with E-state index in [9.17, 15) is 18.0 Å². The van der Waals surface area contributed by atoms with Crippen LogP contribution in [-0.2, 0) is 9.53 Å². The number of hydrogen-bond donors (Lipinski definition) is 0. The molecule has 2 aliphatic rings. The van der Waals surface area contributed by atoms with Gasteiger partial charge in [-0.1, -0.05) is 35.6 Å². The van der Waals surface area contributed by atoms with Gasteiger partial charge >= 0.3 is 12.1 Å². The molecule has 0 N–H and O–H groups in total. The van der Waals surface area contributed by atoms with E-state index in [-0.39, 0.29) is 11.6 Å². The third kappa shape index (κ3) is 1.80. The molecule has 1 aromatic heterocycles. The van der Waals surface area contributed by atoms with Gasteiger partial charge in [-0.05, 0) is 18.6 Å². The van der Waals surface area contributed by atoms with Crippen LogP contribution in [0.25, 0.3) is 10.2 Å². The van der Waals surface area contributed by atoms with Gasteiger partial charge in [-0.2, -0.15) is 13.2 Å². The minimum absolute atomic E-state index is 0.191. The number of carbonyl (C=O) groups excluding carboxylic acids is 1. The number of benzene rings is 1. The number of aromatic nitrogens is 1. The first-order valence-electron chi connectivity index (χ1n) is 7.38.